The van der Waals surface area contributed by atoms with Gasteiger partial charge < -0.3 is 19.8 Å². The van der Waals surface area contributed by atoms with Gasteiger partial charge in [0.1, 0.15) is 5.82 Å². The van der Waals surface area contributed by atoms with Gasteiger partial charge in [-0.2, -0.15) is 0 Å². The van der Waals surface area contributed by atoms with Gasteiger partial charge in [0.15, 0.2) is 5.82 Å². The summed E-state index contributed by atoms with van der Waals surface area (Å²) < 4.78 is 0. The molecule has 7 nitrogen and oxygen atoms in total. The molecular formula is C27H35N7. The van der Waals surface area contributed by atoms with Gasteiger partial charge in [0.05, 0.1) is 27.8 Å². The molecule has 2 aromatic heterocycles. The quantitative estimate of drug-likeness (QED) is 0.414. The summed E-state index contributed by atoms with van der Waals surface area (Å²) in [5.74, 6) is 1.65. The molecule has 0 spiro atoms. The van der Waals surface area contributed by atoms with E-state index in [1.54, 1.807) is 7.05 Å². The number of fused-ring (bicyclic) bond motifs is 2. The Kier molecular flexibility index (Phi) is 7.12. The van der Waals surface area contributed by atoms with Crippen molar-refractivity contribution in [2.45, 2.75) is 27.7 Å². The van der Waals surface area contributed by atoms with Gasteiger partial charge in [-0.05, 0) is 62.9 Å². The average Bonchev–Trinajstić information content (AvgIpc) is 3.48. The monoisotopic (exact) mass is 457 g/mol. The molecule has 178 valence electrons. The van der Waals surface area contributed by atoms with Crippen molar-refractivity contribution in [2.75, 3.05) is 45.2 Å². The Hall–Kier alpha value is -3.45. The van der Waals surface area contributed by atoms with Gasteiger partial charge in [-0.1, -0.05) is 19.9 Å². The van der Waals surface area contributed by atoms with E-state index in [1.165, 1.54) is 5.69 Å². The fourth-order valence-electron chi connectivity index (χ4n) is 4.36. The number of piperazine rings is 1. The first-order valence-electron chi connectivity index (χ1n) is 12.1. The zero-order chi connectivity index (χ0) is 24.2. The molecule has 0 radical (unpaired) electrons. The Bertz CT molecular complexity index is 1330. The molecule has 34 heavy (non-hydrogen) atoms. The lowest BCUT2D eigenvalue weighted by molar-refractivity contribution is 0.313. The second-order valence-corrected chi connectivity index (χ2v) is 8.46. The molecule has 2 aromatic carbocycles. The lowest BCUT2D eigenvalue weighted by Crippen LogP contribution is -2.44. The molecular weight excluding hydrogens is 422 g/mol. The van der Waals surface area contributed by atoms with E-state index < -0.39 is 0 Å². The molecule has 3 heterocycles. The molecule has 1 saturated heterocycles. The van der Waals surface area contributed by atoms with Crippen LogP contribution in [0.5, 0.6) is 0 Å². The maximum Gasteiger partial charge on any atom is 0.156 e. The van der Waals surface area contributed by atoms with Gasteiger partial charge in [-0.25, -0.2) is 9.97 Å². The minimum Gasteiger partial charge on any atom is -0.369 e. The number of anilines is 1. The van der Waals surface area contributed by atoms with Crippen LogP contribution in [0.1, 0.15) is 32.2 Å². The number of allylic oxidation sites excluding steroid dienone is 2. The Labute approximate surface area is 201 Å². The lowest BCUT2D eigenvalue weighted by atomic mass is 10.1. The Morgan fingerprint density at radius 3 is 2.47 bits per heavy atom. The normalized spacial score (nSPS) is 15.4. The second kappa shape index (κ2) is 10.2. The summed E-state index contributed by atoms with van der Waals surface area (Å²) in [7, 11) is 3.96. The van der Waals surface area contributed by atoms with Crippen LogP contribution >= 0.6 is 0 Å². The Morgan fingerprint density at radius 2 is 1.76 bits per heavy atom. The van der Waals surface area contributed by atoms with Gasteiger partial charge in [-0.3, -0.25) is 4.99 Å². The summed E-state index contributed by atoms with van der Waals surface area (Å²) in [5, 5.41) is 0. The van der Waals surface area contributed by atoms with Crippen LogP contribution in [0.15, 0.2) is 47.5 Å². The molecule has 0 saturated carbocycles. The third-order valence-electron chi connectivity index (χ3n) is 6.19. The number of H-pyrrole nitrogens is 2. The van der Waals surface area contributed by atoms with Crippen LogP contribution in [0, 0.1) is 6.92 Å². The van der Waals surface area contributed by atoms with Crippen molar-refractivity contribution < 1.29 is 0 Å². The number of rotatable bonds is 4. The fraction of sp³-hybridized carbons (Fsp3) is 0.370. The molecule has 7 heteroatoms. The Balaban J connectivity index is 0.00000133. The van der Waals surface area contributed by atoms with E-state index in [9.17, 15) is 0 Å². The molecule has 5 rings (SSSR count). The molecule has 2 N–H and O–H groups in total. The van der Waals surface area contributed by atoms with Crippen molar-refractivity contribution in [2.24, 2.45) is 4.99 Å². The number of aromatic nitrogens is 4. The summed E-state index contributed by atoms with van der Waals surface area (Å²) in [6.07, 6.45) is 3.93. The number of hydrogen-bond acceptors (Lipinski definition) is 5. The van der Waals surface area contributed by atoms with Crippen LogP contribution in [0.2, 0.25) is 0 Å². The molecule has 0 amide bonds. The van der Waals surface area contributed by atoms with Crippen LogP contribution in [-0.2, 0) is 0 Å². The van der Waals surface area contributed by atoms with Crippen molar-refractivity contribution in [1.29, 1.82) is 0 Å². The maximum atomic E-state index is 4.87. The van der Waals surface area contributed by atoms with Crippen LogP contribution < -0.4 is 4.90 Å². The highest BCUT2D eigenvalue weighted by atomic mass is 15.2. The van der Waals surface area contributed by atoms with Gasteiger partial charge in [0.2, 0.25) is 0 Å². The van der Waals surface area contributed by atoms with E-state index >= 15 is 0 Å². The summed E-state index contributed by atoms with van der Waals surface area (Å²) in [6, 6.07) is 10.8. The van der Waals surface area contributed by atoms with E-state index in [0.717, 1.165) is 76.7 Å². The van der Waals surface area contributed by atoms with Gasteiger partial charge in [-0.15, -0.1) is 0 Å². The lowest BCUT2D eigenvalue weighted by Gasteiger charge is -2.34. The number of aliphatic imine (C=N–C) groups is 1. The summed E-state index contributed by atoms with van der Waals surface area (Å²) in [5.41, 5.74) is 8.23. The van der Waals surface area contributed by atoms with Crippen LogP contribution in [0.25, 0.3) is 33.5 Å². The number of nitrogens with zero attached hydrogens (tertiary/aromatic N) is 5. The zero-order valence-corrected chi connectivity index (χ0v) is 21.1. The third kappa shape index (κ3) is 4.61. The molecule has 1 fully saturated rings. The third-order valence-corrected chi connectivity index (χ3v) is 6.19. The molecule has 0 bridgehead atoms. The number of aryl methyl sites for hydroxylation is 1. The number of benzene rings is 2. The predicted molar refractivity (Wildman–Crippen MR) is 144 cm³/mol. The van der Waals surface area contributed by atoms with E-state index in [0.29, 0.717) is 0 Å². The first-order valence-corrected chi connectivity index (χ1v) is 12.1. The average molecular weight is 458 g/mol. The van der Waals surface area contributed by atoms with Gasteiger partial charge in [0, 0.05) is 44.5 Å². The zero-order valence-electron chi connectivity index (χ0n) is 21.1. The molecule has 4 aromatic rings. The van der Waals surface area contributed by atoms with Crippen LogP contribution in [-0.4, -0.2) is 70.8 Å². The number of nitrogens with one attached hydrogen (secondary N) is 2. The molecule has 0 aliphatic carbocycles. The van der Waals surface area contributed by atoms with Crippen LogP contribution in [0.3, 0.4) is 0 Å². The fourth-order valence-corrected chi connectivity index (χ4v) is 4.36. The number of hydrogen-bond donors (Lipinski definition) is 2. The van der Waals surface area contributed by atoms with Gasteiger partial charge >= 0.3 is 0 Å². The topological polar surface area (TPSA) is 76.2 Å². The van der Waals surface area contributed by atoms with Crippen molar-refractivity contribution in [1.82, 2.24) is 24.8 Å². The molecule has 0 atom stereocenters. The second-order valence-electron chi connectivity index (χ2n) is 8.46. The van der Waals surface area contributed by atoms with E-state index in [1.807, 2.05) is 32.9 Å². The molecule has 1 aliphatic heterocycles. The van der Waals surface area contributed by atoms with Crippen LogP contribution in [0.4, 0.5) is 5.69 Å². The van der Waals surface area contributed by atoms with Crippen molar-refractivity contribution in [3.05, 3.63) is 53.9 Å². The first-order chi connectivity index (χ1) is 16.6. The number of likely N-dealkylation sites (N-methyl/N-ethyl adjacent to an activating group) is 1. The minimum atomic E-state index is 0.780. The summed E-state index contributed by atoms with van der Waals surface area (Å²) >= 11 is 0. The van der Waals surface area contributed by atoms with Gasteiger partial charge in [0.25, 0.3) is 0 Å². The highest BCUT2D eigenvalue weighted by Gasteiger charge is 2.16. The smallest absolute Gasteiger partial charge is 0.156 e. The highest BCUT2D eigenvalue weighted by Crippen LogP contribution is 2.28. The number of imidazole rings is 2. The SMILES string of the molecule is C/C=C\C(=NC)c1nc2c(C)cc(-c3nc4ccc(N5CCN(C)CC5)cc4[nH]3)cc2[nH]1.CC. The standard InChI is InChI=1S/C25H29N7.C2H6/c1-5-6-20(26-3)25-29-22-14-17(13-16(2)23(22)30-25)24-27-19-8-7-18(15-21(19)28-24)32-11-9-31(4)10-12-32;1-2/h5-8,13-15H,9-12H2,1-4H3,(H,27,28)(H,29,30);1-2H3/b6-5-,26-20?;. The minimum absolute atomic E-state index is 0.780. The Morgan fingerprint density at radius 1 is 1.00 bits per heavy atom. The van der Waals surface area contributed by atoms with E-state index in [4.69, 9.17) is 9.97 Å². The van der Waals surface area contributed by atoms with Crippen molar-refractivity contribution in [3.63, 3.8) is 0 Å². The summed E-state index contributed by atoms with van der Waals surface area (Å²) in [6.45, 7) is 12.4. The van der Waals surface area contributed by atoms with E-state index in [2.05, 4.69) is 69.1 Å². The van der Waals surface area contributed by atoms with Crippen molar-refractivity contribution >= 4 is 33.5 Å². The highest BCUT2D eigenvalue weighted by molar-refractivity contribution is 6.07. The van der Waals surface area contributed by atoms with E-state index in [-0.39, 0.29) is 0 Å². The maximum absolute atomic E-state index is 4.87. The molecule has 1 aliphatic rings. The largest absolute Gasteiger partial charge is 0.369 e. The summed E-state index contributed by atoms with van der Waals surface area (Å²) in [4.78, 5) is 25.8. The molecule has 0 unspecified atom stereocenters. The first kappa shape index (κ1) is 23.7. The number of aromatic amines is 2. The van der Waals surface area contributed by atoms with Crippen molar-refractivity contribution in [3.8, 4) is 11.4 Å². The predicted octanol–water partition coefficient (Wildman–Crippen LogP) is 5.19.